The van der Waals surface area contributed by atoms with Crippen LogP contribution in [0.1, 0.15) is 46.5 Å². The Hall–Kier alpha value is -0.120. The Morgan fingerprint density at radius 1 is 1.22 bits per heavy atom. The van der Waals surface area contributed by atoms with Gasteiger partial charge in [0, 0.05) is 38.9 Å². The van der Waals surface area contributed by atoms with E-state index >= 15 is 0 Å². The van der Waals surface area contributed by atoms with Crippen LogP contribution in [0.15, 0.2) is 0 Å². The summed E-state index contributed by atoms with van der Waals surface area (Å²) in [4.78, 5) is 2.62. The molecule has 1 rings (SSSR count). The van der Waals surface area contributed by atoms with Gasteiger partial charge in [0.25, 0.3) is 0 Å². The van der Waals surface area contributed by atoms with Gasteiger partial charge >= 0.3 is 0 Å². The Morgan fingerprint density at radius 3 is 2.61 bits per heavy atom. The van der Waals surface area contributed by atoms with E-state index in [-0.39, 0.29) is 0 Å². The lowest BCUT2D eigenvalue weighted by atomic mass is 10.2. The van der Waals surface area contributed by atoms with Gasteiger partial charge in [-0.2, -0.15) is 0 Å². The third-order valence-corrected chi connectivity index (χ3v) is 3.59. The number of nitrogens with one attached hydrogen (secondary N) is 1. The summed E-state index contributed by atoms with van der Waals surface area (Å²) in [6.07, 6.45) is 5.31. The Morgan fingerprint density at radius 2 is 2.00 bits per heavy atom. The van der Waals surface area contributed by atoms with Crippen molar-refractivity contribution in [1.29, 1.82) is 0 Å². The number of rotatable bonds is 12. The van der Waals surface area contributed by atoms with Gasteiger partial charge in [-0.1, -0.05) is 0 Å². The average Bonchev–Trinajstić information content (AvgIpc) is 3.14. The summed E-state index contributed by atoms with van der Waals surface area (Å²) < 4.78 is 5.32. The molecule has 0 amide bonds. The Labute approximate surface area is 113 Å². The van der Waals surface area contributed by atoms with Gasteiger partial charge in [-0.15, -0.1) is 0 Å². The molecule has 108 valence electrons. The SMILES string of the molecule is CCOCCCCNCCN(CC1CC1)C(C)C. The first-order valence-corrected chi connectivity index (χ1v) is 7.76. The summed E-state index contributed by atoms with van der Waals surface area (Å²) in [5, 5.41) is 3.54. The van der Waals surface area contributed by atoms with Gasteiger partial charge in [-0.25, -0.2) is 0 Å². The smallest absolute Gasteiger partial charge is 0.0466 e. The quantitative estimate of drug-likeness (QED) is 0.543. The molecule has 0 unspecified atom stereocenters. The largest absolute Gasteiger partial charge is 0.382 e. The molecule has 0 aliphatic heterocycles. The van der Waals surface area contributed by atoms with Crippen LogP contribution in [0.2, 0.25) is 0 Å². The number of ether oxygens (including phenoxy) is 1. The Bertz CT molecular complexity index is 193. The van der Waals surface area contributed by atoms with Crippen molar-refractivity contribution in [3.63, 3.8) is 0 Å². The first-order valence-electron chi connectivity index (χ1n) is 7.76. The van der Waals surface area contributed by atoms with Gasteiger partial charge in [-0.3, -0.25) is 4.90 Å². The van der Waals surface area contributed by atoms with Gasteiger partial charge in [0.15, 0.2) is 0 Å². The highest BCUT2D eigenvalue weighted by Gasteiger charge is 2.24. The van der Waals surface area contributed by atoms with Crippen LogP contribution in [0, 0.1) is 5.92 Å². The molecule has 1 N–H and O–H groups in total. The van der Waals surface area contributed by atoms with E-state index in [4.69, 9.17) is 4.74 Å². The molecule has 1 aliphatic carbocycles. The molecule has 3 nitrogen and oxygen atoms in total. The standard InChI is InChI=1S/C15H32N2O/c1-4-18-12-6-5-9-16-10-11-17(14(2)3)13-15-7-8-15/h14-16H,4-13H2,1-3H3. The van der Waals surface area contributed by atoms with Crippen LogP contribution in [0.5, 0.6) is 0 Å². The van der Waals surface area contributed by atoms with Crippen LogP contribution in [-0.2, 0) is 4.74 Å². The first-order chi connectivity index (χ1) is 8.74. The highest BCUT2D eigenvalue weighted by Crippen LogP contribution is 2.30. The number of hydrogen-bond donors (Lipinski definition) is 1. The summed E-state index contributed by atoms with van der Waals surface area (Å²) in [5.74, 6) is 0.999. The summed E-state index contributed by atoms with van der Waals surface area (Å²) in [6, 6.07) is 0.686. The Kier molecular flexibility index (Phi) is 8.64. The van der Waals surface area contributed by atoms with E-state index in [9.17, 15) is 0 Å². The van der Waals surface area contributed by atoms with E-state index < -0.39 is 0 Å². The molecule has 18 heavy (non-hydrogen) atoms. The molecule has 0 bridgehead atoms. The molecular formula is C15H32N2O. The predicted molar refractivity (Wildman–Crippen MR) is 78.0 cm³/mol. The molecule has 0 aromatic carbocycles. The van der Waals surface area contributed by atoms with Crippen molar-refractivity contribution >= 4 is 0 Å². The van der Waals surface area contributed by atoms with Gasteiger partial charge in [0.05, 0.1) is 0 Å². The lowest BCUT2D eigenvalue weighted by molar-refractivity contribution is 0.143. The average molecular weight is 256 g/mol. The van der Waals surface area contributed by atoms with Crippen molar-refractivity contribution in [2.24, 2.45) is 5.92 Å². The fourth-order valence-corrected chi connectivity index (χ4v) is 2.14. The van der Waals surface area contributed by atoms with Gasteiger partial charge in [0.1, 0.15) is 0 Å². The first kappa shape index (κ1) is 15.9. The van der Waals surface area contributed by atoms with Gasteiger partial charge < -0.3 is 10.1 Å². The van der Waals surface area contributed by atoms with Gasteiger partial charge in [-0.05, 0) is 58.9 Å². The highest BCUT2D eigenvalue weighted by atomic mass is 16.5. The van der Waals surface area contributed by atoms with Crippen molar-refractivity contribution in [2.75, 3.05) is 39.4 Å². The zero-order valence-corrected chi connectivity index (χ0v) is 12.6. The molecule has 1 fully saturated rings. The molecule has 1 saturated carbocycles. The molecule has 0 aromatic heterocycles. The lowest BCUT2D eigenvalue weighted by Crippen LogP contribution is -2.38. The van der Waals surface area contributed by atoms with Crippen molar-refractivity contribution in [3.8, 4) is 0 Å². The maximum absolute atomic E-state index is 5.32. The van der Waals surface area contributed by atoms with E-state index in [1.807, 2.05) is 0 Å². The van der Waals surface area contributed by atoms with Crippen LogP contribution in [0.4, 0.5) is 0 Å². The van der Waals surface area contributed by atoms with Crippen LogP contribution in [-0.4, -0.2) is 50.3 Å². The third-order valence-electron chi connectivity index (χ3n) is 3.59. The van der Waals surface area contributed by atoms with Crippen LogP contribution in [0.3, 0.4) is 0 Å². The van der Waals surface area contributed by atoms with E-state index in [0.717, 1.165) is 32.2 Å². The van der Waals surface area contributed by atoms with Crippen LogP contribution in [0.25, 0.3) is 0 Å². The topological polar surface area (TPSA) is 24.5 Å². The second-order valence-corrected chi connectivity index (χ2v) is 5.69. The summed E-state index contributed by atoms with van der Waals surface area (Å²) in [6.45, 7) is 13.2. The molecule has 0 radical (unpaired) electrons. The molecule has 3 heteroatoms. The van der Waals surface area contributed by atoms with E-state index in [0.29, 0.717) is 6.04 Å². The Balaban J connectivity index is 1.90. The van der Waals surface area contributed by atoms with Crippen molar-refractivity contribution in [2.45, 2.75) is 52.5 Å². The minimum atomic E-state index is 0.686. The fourth-order valence-electron chi connectivity index (χ4n) is 2.14. The van der Waals surface area contributed by atoms with E-state index in [1.54, 1.807) is 0 Å². The molecule has 0 aromatic rings. The van der Waals surface area contributed by atoms with E-state index in [1.165, 1.54) is 38.8 Å². The second kappa shape index (κ2) is 9.76. The zero-order chi connectivity index (χ0) is 13.2. The normalized spacial score (nSPS) is 15.8. The zero-order valence-electron chi connectivity index (χ0n) is 12.6. The van der Waals surface area contributed by atoms with Crippen molar-refractivity contribution in [1.82, 2.24) is 10.2 Å². The summed E-state index contributed by atoms with van der Waals surface area (Å²) >= 11 is 0. The second-order valence-electron chi connectivity index (χ2n) is 5.69. The molecule has 0 atom stereocenters. The van der Waals surface area contributed by atoms with Crippen molar-refractivity contribution in [3.05, 3.63) is 0 Å². The molecular weight excluding hydrogens is 224 g/mol. The minimum Gasteiger partial charge on any atom is -0.382 e. The van der Waals surface area contributed by atoms with Crippen molar-refractivity contribution < 1.29 is 4.74 Å². The predicted octanol–water partition coefficient (Wildman–Crippen LogP) is 2.51. The highest BCUT2D eigenvalue weighted by molar-refractivity contribution is 4.79. The number of unbranched alkanes of at least 4 members (excludes halogenated alkanes) is 1. The minimum absolute atomic E-state index is 0.686. The molecule has 1 aliphatic rings. The summed E-state index contributed by atoms with van der Waals surface area (Å²) in [7, 11) is 0. The lowest BCUT2D eigenvalue weighted by Gasteiger charge is -2.26. The number of hydrogen-bond acceptors (Lipinski definition) is 3. The van der Waals surface area contributed by atoms with Gasteiger partial charge in [0.2, 0.25) is 0 Å². The summed E-state index contributed by atoms with van der Waals surface area (Å²) in [5.41, 5.74) is 0. The third kappa shape index (κ3) is 8.06. The maximum atomic E-state index is 5.32. The number of nitrogens with zero attached hydrogens (tertiary/aromatic N) is 1. The monoisotopic (exact) mass is 256 g/mol. The van der Waals surface area contributed by atoms with Crippen LogP contribution >= 0.6 is 0 Å². The molecule has 0 spiro atoms. The fraction of sp³-hybridized carbons (Fsp3) is 1.00. The van der Waals surface area contributed by atoms with E-state index in [2.05, 4.69) is 31.0 Å². The molecule has 0 saturated heterocycles. The molecule has 0 heterocycles. The maximum Gasteiger partial charge on any atom is 0.0466 e. The van der Waals surface area contributed by atoms with Crippen LogP contribution < -0.4 is 5.32 Å².